The van der Waals surface area contributed by atoms with Crippen molar-refractivity contribution in [2.24, 2.45) is 11.3 Å². The molecule has 0 spiro atoms. The highest BCUT2D eigenvalue weighted by Gasteiger charge is 2.40. The maximum absolute atomic E-state index is 12.7. The van der Waals surface area contributed by atoms with Crippen molar-refractivity contribution >= 4 is 19.3 Å². The fourth-order valence-electron chi connectivity index (χ4n) is 3.54. The van der Waals surface area contributed by atoms with Gasteiger partial charge in [0.2, 0.25) is 0 Å². The van der Waals surface area contributed by atoms with Crippen LogP contribution in [0.3, 0.4) is 0 Å². The van der Waals surface area contributed by atoms with Crippen molar-refractivity contribution in [2.45, 2.75) is 71.8 Å². The predicted molar refractivity (Wildman–Crippen MR) is 96.1 cm³/mol. The molecule has 1 aliphatic carbocycles. The monoisotopic (exact) mass is 312 g/mol. The molecule has 2 rings (SSSR count). The molecule has 0 heterocycles. The summed E-state index contributed by atoms with van der Waals surface area (Å²) in [7, 11) is 5.77. The molecule has 1 unspecified atom stereocenters. The van der Waals surface area contributed by atoms with Crippen LogP contribution in [0, 0.1) is 11.3 Å². The fourth-order valence-corrected chi connectivity index (χ4v) is 3.54. The molecule has 1 aromatic carbocycles. The van der Waals surface area contributed by atoms with E-state index in [4.69, 9.17) is 12.6 Å². The molecule has 0 bridgehead atoms. The van der Waals surface area contributed by atoms with Gasteiger partial charge in [0.15, 0.2) is 0 Å². The van der Waals surface area contributed by atoms with Gasteiger partial charge in [0.25, 0.3) is 0 Å². The van der Waals surface area contributed by atoms with E-state index >= 15 is 0 Å². The summed E-state index contributed by atoms with van der Waals surface area (Å²) in [5.41, 5.74) is 1.33. The van der Waals surface area contributed by atoms with Crippen LogP contribution in [0.25, 0.3) is 0 Å². The van der Waals surface area contributed by atoms with E-state index in [0.717, 1.165) is 31.1 Å². The molecule has 124 valence electrons. The van der Waals surface area contributed by atoms with Gasteiger partial charge >= 0.3 is 5.97 Å². The first kappa shape index (κ1) is 18.1. The van der Waals surface area contributed by atoms with E-state index in [9.17, 15) is 4.79 Å². The Morgan fingerprint density at radius 1 is 1.26 bits per heavy atom. The van der Waals surface area contributed by atoms with Crippen LogP contribution < -0.4 is 5.46 Å². The van der Waals surface area contributed by atoms with Gasteiger partial charge in [-0.2, -0.15) is 0 Å². The minimum atomic E-state index is -0.418. The van der Waals surface area contributed by atoms with Gasteiger partial charge in [-0.3, -0.25) is 4.79 Å². The van der Waals surface area contributed by atoms with Gasteiger partial charge in [-0.05, 0) is 58.4 Å². The lowest BCUT2D eigenvalue weighted by atomic mass is 9.77. The summed E-state index contributed by atoms with van der Waals surface area (Å²) in [6, 6.07) is 8.12. The third-order valence-corrected chi connectivity index (χ3v) is 4.73. The number of hydrogen-bond donors (Lipinski definition) is 0. The van der Waals surface area contributed by atoms with E-state index in [1.807, 2.05) is 32.9 Å². The van der Waals surface area contributed by atoms with Gasteiger partial charge < -0.3 is 4.74 Å². The third-order valence-electron chi connectivity index (χ3n) is 4.73. The average molecular weight is 312 g/mol. The number of benzene rings is 1. The molecule has 3 heteroatoms. The zero-order chi connectivity index (χ0) is 17.1. The Bertz CT molecular complexity index is 530. The van der Waals surface area contributed by atoms with Crippen LogP contribution in [-0.2, 0) is 16.0 Å². The van der Waals surface area contributed by atoms with Crippen molar-refractivity contribution in [3.63, 3.8) is 0 Å². The zero-order valence-corrected chi connectivity index (χ0v) is 15.0. The van der Waals surface area contributed by atoms with Crippen LogP contribution in [0.2, 0.25) is 0 Å². The molecule has 0 aliphatic heterocycles. The quantitative estimate of drug-likeness (QED) is 0.480. The van der Waals surface area contributed by atoms with E-state index < -0.39 is 5.60 Å². The van der Waals surface area contributed by atoms with Crippen LogP contribution in [-0.4, -0.2) is 19.4 Å². The first-order valence-corrected chi connectivity index (χ1v) is 8.76. The number of carbonyl (C=O) groups excluding carboxylic acids is 1. The maximum Gasteiger partial charge on any atom is 0.312 e. The first-order chi connectivity index (χ1) is 10.7. The highest BCUT2D eigenvalue weighted by Crippen LogP contribution is 2.40. The SMILES string of the molecule is [B]c1ccc(CC2CCCC[C@](C)(C(=O)OC(C)(C)C)C2)cc1. The summed E-state index contributed by atoms with van der Waals surface area (Å²) in [5.74, 6) is 0.493. The minimum absolute atomic E-state index is 0.0331. The lowest BCUT2D eigenvalue weighted by molar-refractivity contribution is -0.168. The summed E-state index contributed by atoms with van der Waals surface area (Å²) in [6.45, 7) is 7.91. The molecule has 2 atom stereocenters. The summed E-state index contributed by atoms with van der Waals surface area (Å²) in [4.78, 5) is 12.7. The fraction of sp³-hybridized carbons (Fsp3) is 0.650. The van der Waals surface area contributed by atoms with Crippen molar-refractivity contribution < 1.29 is 9.53 Å². The van der Waals surface area contributed by atoms with E-state index in [-0.39, 0.29) is 11.4 Å². The molecule has 1 fully saturated rings. The molecule has 1 saturated carbocycles. The highest BCUT2D eigenvalue weighted by molar-refractivity contribution is 6.32. The van der Waals surface area contributed by atoms with Crippen molar-refractivity contribution in [3.05, 3.63) is 29.8 Å². The van der Waals surface area contributed by atoms with Gasteiger partial charge in [0.05, 0.1) is 5.41 Å². The first-order valence-electron chi connectivity index (χ1n) is 8.76. The Labute approximate surface area is 142 Å². The summed E-state index contributed by atoms with van der Waals surface area (Å²) in [5, 5.41) is 0. The summed E-state index contributed by atoms with van der Waals surface area (Å²) >= 11 is 0. The number of carbonyl (C=O) groups is 1. The smallest absolute Gasteiger partial charge is 0.312 e. The summed E-state index contributed by atoms with van der Waals surface area (Å²) in [6.07, 6.45) is 6.33. The lowest BCUT2D eigenvalue weighted by Crippen LogP contribution is -2.36. The molecule has 2 radical (unpaired) electrons. The van der Waals surface area contributed by atoms with E-state index in [1.54, 1.807) is 0 Å². The number of hydrogen-bond acceptors (Lipinski definition) is 2. The van der Waals surface area contributed by atoms with Crippen LogP contribution in [0.1, 0.15) is 65.4 Å². The van der Waals surface area contributed by atoms with Crippen LogP contribution in [0.15, 0.2) is 24.3 Å². The molecule has 0 aromatic heterocycles. The van der Waals surface area contributed by atoms with Crippen molar-refractivity contribution in [3.8, 4) is 0 Å². The number of esters is 1. The van der Waals surface area contributed by atoms with E-state index in [0.29, 0.717) is 5.92 Å². The van der Waals surface area contributed by atoms with Crippen molar-refractivity contribution in [1.82, 2.24) is 0 Å². The predicted octanol–water partition coefficient (Wildman–Crippen LogP) is 3.95. The molecule has 1 aromatic rings. The van der Waals surface area contributed by atoms with Crippen LogP contribution in [0.4, 0.5) is 0 Å². The number of ether oxygens (including phenoxy) is 1. The van der Waals surface area contributed by atoms with Gasteiger partial charge in [-0.15, -0.1) is 0 Å². The van der Waals surface area contributed by atoms with Crippen LogP contribution in [0.5, 0.6) is 0 Å². The molecule has 1 aliphatic rings. The summed E-state index contributed by atoms with van der Waals surface area (Å²) < 4.78 is 5.69. The van der Waals surface area contributed by atoms with E-state index in [1.165, 1.54) is 18.4 Å². The Kier molecular flexibility index (Phi) is 5.59. The molecule has 2 nitrogen and oxygen atoms in total. The largest absolute Gasteiger partial charge is 0.460 e. The normalized spacial score (nSPS) is 25.7. The Balaban J connectivity index is 2.07. The standard InChI is InChI=1S/C20H29BO2/c1-19(2,3)23-18(22)20(4)12-6-5-7-16(14-20)13-15-8-10-17(21)11-9-15/h8-11,16H,5-7,12-14H2,1-4H3/t16?,20-/m0/s1. The van der Waals surface area contributed by atoms with E-state index in [2.05, 4.69) is 19.1 Å². The third kappa shape index (κ3) is 5.40. The molecule has 0 N–H and O–H groups in total. The Hall–Kier alpha value is -1.25. The highest BCUT2D eigenvalue weighted by atomic mass is 16.6. The molecule has 0 saturated heterocycles. The Morgan fingerprint density at radius 2 is 1.91 bits per heavy atom. The second kappa shape index (κ2) is 7.11. The molecule has 0 amide bonds. The maximum atomic E-state index is 12.7. The molecular weight excluding hydrogens is 283 g/mol. The molecule has 23 heavy (non-hydrogen) atoms. The minimum Gasteiger partial charge on any atom is -0.460 e. The Morgan fingerprint density at radius 3 is 2.52 bits per heavy atom. The van der Waals surface area contributed by atoms with Crippen molar-refractivity contribution in [2.75, 3.05) is 0 Å². The average Bonchev–Trinajstić information content (AvgIpc) is 2.62. The van der Waals surface area contributed by atoms with Crippen LogP contribution >= 0.6 is 0 Å². The van der Waals surface area contributed by atoms with Gasteiger partial charge in [0, 0.05) is 0 Å². The second-order valence-electron chi connectivity index (χ2n) is 8.32. The van der Waals surface area contributed by atoms with Gasteiger partial charge in [-0.25, -0.2) is 0 Å². The second-order valence-corrected chi connectivity index (χ2v) is 8.32. The topological polar surface area (TPSA) is 26.3 Å². The molecular formula is C20H29BO2. The van der Waals surface area contributed by atoms with Crippen molar-refractivity contribution in [1.29, 1.82) is 0 Å². The lowest BCUT2D eigenvalue weighted by Gasteiger charge is -2.32. The number of rotatable bonds is 3. The van der Waals surface area contributed by atoms with Gasteiger partial charge in [0.1, 0.15) is 13.4 Å². The zero-order valence-electron chi connectivity index (χ0n) is 15.0. The van der Waals surface area contributed by atoms with Gasteiger partial charge in [-0.1, -0.05) is 49.0 Å².